The minimum absolute atomic E-state index is 0.103. The Bertz CT molecular complexity index is 1180. The van der Waals surface area contributed by atoms with Gasteiger partial charge in [-0.2, -0.15) is 0 Å². The largest absolute Gasteiger partial charge is 0.485 e. The number of hydrogen-bond acceptors (Lipinski definition) is 5. The van der Waals surface area contributed by atoms with Crippen molar-refractivity contribution in [2.45, 2.75) is 25.9 Å². The Morgan fingerprint density at radius 2 is 1.80 bits per heavy atom. The fraction of sp³-hybridized carbons (Fsp3) is 0.308. The number of nitrogens with one attached hydrogen (secondary N) is 1. The molecule has 1 saturated heterocycles. The maximum absolute atomic E-state index is 14.0. The van der Waals surface area contributed by atoms with Crippen molar-refractivity contribution in [3.05, 3.63) is 76.4 Å². The van der Waals surface area contributed by atoms with E-state index in [-0.39, 0.29) is 34.7 Å². The van der Waals surface area contributed by atoms with Crippen LogP contribution in [0, 0.1) is 11.6 Å². The number of carbonyl (C=O) groups is 1. The molecule has 0 unspecified atom stereocenters. The van der Waals surface area contributed by atoms with Crippen LogP contribution in [0.5, 0.6) is 5.75 Å². The van der Waals surface area contributed by atoms with E-state index in [0.717, 1.165) is 43.8 Å². The van der Waals surface area contributed by atoms with Crippen LogP contribution < -0.4 is 15.8 Å². The van der Waals surface area contributed by atoms with Gasteiger partial charge in [-0.05, 0) is 74.8 Å². The molecule has 2 heterocycles. The molecule has 1 aliphatic rings. The molecule has 1 amide bonds. The topological polar surface area (TPSA) is 80.5 Å². The number of nitrogen functional groups attached to an aromatic ring is 1. The monoisotopic (exact) mass is 500 g/mol. The number of hydrogen-bond donors (Lipinski definition) is 2. The number of halogens is 3. The van der Waals surface area contributed by atoms with Gasteiger partial charge in [0.25, 0.3) is 5.91 Å². The van der Waals surface area contributed by atoms with Gasteiger partial charge in [-0.1, -0.05) is 23.7 Å². The third kappa shape index (κ3) is 6.26. The van der Waals surface area contributed by atoms with Crippen LogP contribution in [0.15, 0.2) is 48.7 Å². The molecule has 3 aromatic rings. The number of anilines is 1. The summed E-state index contributed by atoms with van der Waals surface area (Å²) < 4.78 is 33.3. The minimum atomic E-state index is -0.734. The molecule has 35 heavy (non-hydrogen) atoms. The lowest BCUT2D eigenvalue weighted by atomic mass is 10.0. The van der Waals surface area contributed by atoms with Gasteiger partial charge in [0.05, 0.1) is 5.02 Å². The number of nitrogens with zero attached hydrogens (tertiary/aromatic N) is 2. The summed E-state index contributed by atoms with van der Waals surface area (Å²) in [5.41, 5.74) is 7.85. The second-order valence-corrected chi connectivity index (χ2v) is 8.83. The van der Waals surface area contributed by atoms with Crippen molar-refractivity contribution in [3.63, 3.8) is 0 Å². The zero-order valence-corrected chi connectivity index (χ0v) is 20.0. The Morgan fingerprint density at radius 3 is 2.54 bits per heavy atom. The number of aromatic nitrogens is 1. The number of likely N-dealkylation sites (tertiary alicyclic amines) is 1. The number of carbonyl (C=O) groups excluding carboxylic acids is 1. The van der Waals surface area contributed by atoms with Crippen molar-refractivity contribution in [1.29, 1.82) is 0 Å². The summed E-state index contributed by atoms with van der Waals surface area (Å²) >= 11 is 5.86. The Morgan fingerprint density at radius 1 is 1.09 bits per heavy atom. The van der Waals surface area contributed by atoms with Crippen molar-refractivity contribution in [3.8, 4) is 16.9 Å². The molecule has 0 bridgehead atoms. The molecule has 0 radical (unpaired) electrons. The lowest BCUT2D eigenvalue weighted by molar-refractivity contribution is 0.0952. The standard InChI is InChI=1S/C26H27ClF2N4O2/c27-24-20(21(28)8-9-22(24)29)16-35-23-14-19(15-32-25(23)30)17-4-6-18(7-5-17)26(34)31-10-3-13-33-11-1-2-12-33/h4-9,14-15H,1-3,10-13,16H2,(H2,30,32)(H,31,34). The summed E-state index contributed by atoms with van der Waals surface area (Å²) in [6.07, 6.45) is 5.02. The average Bonchev–Trinajstić information content (AvgIpc) is 3.39. The second kappa shape index (κ2) is 11.5. The summed E-state index contributed by atoms with van der Waals surface area (Å²) in [4.78, 5) is 19.0. The van der Waals surface area contributed by atoms with Crippen LogP contribution in [0.2, 0.25) is 5.02 Å². The number of nitrogens with two attached hydrogens (primary N) is 1. The fourth-order valence-corrected chi connectivity index (χ4v) is 4.21. The number of rotatable bonds is 9. The molecule has 1 aliphatic heterocycles. The van der Waals surface area contributed by atoms with Crippen molar-refractivity contribution in [2.75, 3.05) is 31.9 Å². The lowest BCUT2D eigenvalue weighted by Crippen LogP contribution is -2.28. The van der Waals surface area contributed by atoms with E-state index >= 15 is 0 Å². The molecular weight excluding hydrogens is 474 g/mol. The average molecular weight is 501 g/mol. The summed E-state index contributed by atoms with van der Waals surface area (Å²) in [7, 11) is 0. The molecule has 3 N–H and O–H groups in total. The van der Waals surface area contributed by atoms with Gasteiger partial charge in [-0.3, -0.25) is 4.79 Å². The molecule has 9 heteroatoms. The van der Waals surface area contributed by atoms with Crippen molar-refractivity contribution < 1.29 is 18.3 Å². The van der Waals surface area contributed by atoms with Gasteiger partial charge < -0.3 is 20.7 Å². The lowest BCUT2D eigenvalue weighted by Gasteiger charge is -2.14. The smallest absolute Gasteiger partial charge is 0.251 e. The quantitative estimate of drug-likeness (QED) is 0.317. The van der Waals surface area contributed by atoms with E-state index in [1.54, 1.807) is 36.5 Å². The first-order chi connectivity index (χ1) is 16.9. The Hall–Kier alpha value is -3.23. The molecular formula is C26H27ClF2N4O2. The molecule has 4 rings (SSSR count). The van der Waals surface area contributed by atoms with Gasteiger partial charge in [0.15, 0.2) is 11.6 Å². The van der Waals surface area contributed by atoms with Crippen LogP contribution in [0.4, 0.5) is 14.6 Å². The van der Waals surface area contributed by atoms with Crippen LogP contribution >= 0.6 is 11.6 Å². The first-order valence-corrected chi connectivity index (χ1v) is 11.9. The summed E-state index contributed by atoms with van der Waals surface area (Å²) in [6.45, 7) is 3.63. The molecule has 0 atom stereocenters. The van der Waals surface area contributed by atoms with Crippen LogP contribution in [0.25, 0.3) is 11.1 Å². The Kier molecular flexibility index (Phi) is 8.15. The summed E-state index contributed by atoms with van der Waals surface area (Å²) in [5.74, 6) is -1.22. The van der Waals surface area contributed by atoms with Crippen molar-refractivity contribution >= 4 is 23.3 Å². The van der Waals surface area contributed by atoms with E-state index < -0.39 is 11.6 Å². The highest BCUT2D eigenvalue weighted by Crippen LogP contribution is 2.30. The van der Waals surface area contributed by atoms with Gasteiger partial charge in [0, 0.05) is 29.4 Å². The summed E-state index contributed by atoms with van der Waals surface area (Å²) in [5, 5.41) is 2.63. The van der Waals surface area contributed by atoms with Gasteiger partial charge in [-0.15, -0.1) is 0 Å². The second-order valence-electron chi connectivity index (χ2n) is 8.45. The Labute approximate surface area is 208 Å². The maximum atomic E-state index is 14.0. The van der Waals surface area contributed by atoms with E-state index in [9.17, 15) is 13.6 Å². The molecule has 2 aromatic carbocycles. The van der Waals surface area contributed by atoms with Crippen LogP contribution in [-0.4, -0.2) is 42.0 Å². The molecule has 0 spiro atoms. The zero-order valence-electron chi connectivity index (χ0n) is 19.2. The first-order valence-electron chi connectivity index (χ1n) is 11.5. The van der Waals surface area contributed by atoms with Gasteiger partial charge in [0.1, 0.15) is 18.2 Å². The fourth-order valence-electron chi connectivity index (χ4n) is 4.01. The maximum Gasteiger partial charge on any atom is 0.251 e. The zero-order chi connectivity index (χ0) is 24.8. The predicted molar refractivity (Wildman–Crippen MR) is 132 cm³/mol. The normalized spacial score (nSPS) is 13.7. The molecule has 0 aliphatic carbocycles. The number of pyridine rings is 1. The van der Waals surface area contributed by atoms with E-state index in [4.69, 9.17) is 22.1 Å². The van der Waals surface area contributed by atoms with Crippen LogP contribution in [-0.2, 0) is 6.61 Å². The van der Waals surface area contributed by atoms with Crippen LogP contribution in [0.3, 0.4) is 0 Å². The summed E-state index contributed by atoms with van der Waals surface area (Å²) in [6, 6.07) is 10.7. The highest BCUT2D eigenvalue weighted by atomic mass is 35.5. The molecule has 1 fully saturated rings. The highest BCUT2D eigenvalue weighted by Gasteiger charge is 2.15. The molecule has 6 nitrogen and oxygen atoms in total. The van der Waals surface area contributed by atoms with Gasteiger partial charge in [-0.25, -0.2) is 13.8 Å². The minimum Gasteiger partial charge on any atom is -0.485 e. The third-order valence-corrected chi connectivity index (χ3v) is 6.42. The first kappa shape index (κ1) is 24.9. The number of amides is 1. The van der Waals surface area contributed by atoms with Crippen molar-refractivity contribution in [2.24, 2.45) is 0 Å². The third-order valence-electron chi connectivity index (χ3n) is 6.01. The number of benzene rings is 2. The van der Waals surface area contributed by atoms with E-state index in [0.29, 0.717) is 17.7 Å². The number of ether oxygens (including phenoxy) is 1. The highest BCUT2D eigenvalue weighted by molar-refractivity contribution is 6.31. The van der Waals surface area contributed by atoms with E-state index in [1.165, 1.54) is 12.8 Å². The van der Waals surface area contributed by atoms with Crippen LogP contribution in [0.1, 0.15) is 35.2 Å². The van der Waals surface area contributed by atoms with Crippen molar-refractivity contribution in [1.82, 2.24) is 15.2 Å². The molecule has 184 valence electrons. The predicted octanol–water partition coefficient (Wildman–Crippen LogP) is 5.06. The SMILES string of the molecule is Nc1ncc(-c2ccc(C(=O)NCCCN3CCCC3)cc2)cc1OCc1c(F)ccc(F)c1Cl. The van der Waals surface area contributed by atoms with E-state index in [1.807, 2.05) is 0 Å². The molecule has 0 saturated carbocycles. The van der Waals surface area contributed by atoms with E-state index in [2.05, 4.69) is 15.2 Å². The van der Waals surface area contributed by atoms with Gasteiger partial charge in [0.2, 0.25) is 0 Å². The van der Waals surface area contributed by atoms with Gasteiger partial charge >= 0.3 is 0 Å². The molecule has 1 aromatic heterocycles. The Balaban J connectivity index is 1.37.